The van der Waals surface area contributed by atoms with Crippen LogP contribution < -0.4 is 10.6 Å². The first kappa shape index (κ1) is 22.9. The molecule has 2 atom stereocenters. The number of nitrogens with one attached hydrogen (secondary N) is 2. The molecule has 2 aromatic carbocycles. The summed E-state index contributed by atoms with van der Waals surface area (Å²) in [7, 11) is 0. The third kappa shape index (κ3) is 7.95. The van der Waals surface area contributed by atoms with Gasteiger partial charge in [-0.25, -0.2) is 9.59 Å². The van der Waals surface area contributed by atoms with E-state index in [1.807, 2.05) is 67.6 Å². The van der Waals surface area contributed by atoms with Gasteiger partial charge < -0.3 is 20.1 Å². The minimum atomic E-state index is -0.866. The maximum atomic E-state index is 12.4. The minimum Gasteiger partial charge on any atom is -0.459 e. The first-order chi connectivity index (χ1) is 14.5. The summed E-state index contributed by atoms with van der Waals surface area (Å²) in [4.78, 5) is 36.8. The Morgan fingerprint density at radius 1 is 0.833 bits per heavy atom. The predicted molar refractivity (Wildman–Crippen MR) is 112 cm³/mol. The first-order valence-electron chi connectivity index (χ1n) is 9.97. The lowest BCUT2D eigenvalue weighted by atomic mass is 10.1. The molecule has 0 heterocycles. The summed E-state index contributed by atoms with van der Waals surface area (Å²) >= 11 is 0. The highest BCUT2D eigenvalue weighted by Gasteiger charge is 2.25. The zero-order valence-corrected chi connectivity index (χ0v) is 17.3. The van der Waals surface area contributed by atoms with Crippen molar-refractivity contribution in [1.29, 1.82) is 0 Å². The quantitative estimate of drug-likeness (QED) is 0.584. The van der Waals surface area contributed by atoms with E-state index >= 15 is 0 Å². The molecule has 0 aliphatic heterocycles. The van der Waals surface area contributed by atoms with Crippen LogP contribution in [0.3, 0.4) is 0 Å². The second-order valence-electron chi connectivity index (χ2n) is 6.87. The Bertz CT molecular complexity index is 811. The summed E-state index contributed by atoms with van der Waals surface area (Å²) in [6.45, 7) is 3.67. The fourth-order valence-electron chi connectivity index (χ4n) is 2.67. The molecule has 0 spiro atoms. The minimum absolute atomic E-state index is 0.102. The molecule has 7 heteroatoms. The third-order valence-electron chi connectivity index (χ3n) is 4.34. The van der Waals surface area contributed by atoms with Crippen molar-refractivity contribution in [2.75, 3.05) is 0 Å². The van der Waals surface area contributed by atoms with Gasteiger partial charge in [0.1, 0.15) is 25.3 Å². The average molecular weight is 412 g/mol. The molecule has 2 amide bonds. The number of carbonyl (C=O) groups excluding carboxylic acids is 3. The van der Waals surface area contributed by atoms with Gasteiger partial charge in [0.15, 0.2) is 0 Å². The number of amides is 2. The van der Waals surface area contributed by atoms with Gasteiger partial charge in [0.2, 0.25) is 5.91 Å². The van der Waals surface area contributed by atoms with Crippen LogP contribution >= 0.6 is 0 Å². The van der Waals surface area contributed by atoms with Gasteiger partial charge in [-0.1, -0.05) is 74.0 Å². The summed E-state index contributed by atoms with van der Waals surface area (Å²) in [5.74, 6) is -0.991. The van der Waals surface area contributed by atoms with Crippen LogP contribution in [0.4, 0.5) is 4.79 Å². The lowest BCUT2D eigenvalue weighted by Gasteiger charge is -2.20. The van der Waals surface area contributed by atoms with Crippen molar-refractivity contribution < 1.29 is 23.9 Å². The van der Waals surface area contributed by atoms with Crippen LogP contribution in [0.15, 0.2) is 60.7 Å². The molecular weight excluding hydrogens is 384 g/mol. The van der Waals surface area contributed by atoms with Crippen molar-refractivity contribution in [3.05, 3.63) is 71.8 Å². The molecule has 0 radical (unpaired) electrons. The van der Waals surface area contributed by atoms with Gasteiger partial charge in [-0.3, -0.25) is 4.79 Å². The Morgan fingerprint density at radius 2 is 1.37 bits per heavy atom. The summed E-state index contributed by atoms with van der Waals surface area (Å²) in [5.41, 5.74) is 1.71. The Labute approximate surface area is 176 Å². The van der Waals surface area contributed by atoms with E-state index in [1.54, 1.807) is 0 Å². The highest BCUT2D eigenvalue weighted by atomic mass is 16.5. The topological polar surface area (TPSA) is 93.7 Å². The Hall–Kier alpha value is -3.35. The van der Waals surface area contributed by atoms with E-state index in [1.165, 1.54) is 6.92 Å². The van der Waals surface area contributed by atoms with Gasteiger partial charge in [0.25, 0.3) is 0 Å². The van der Waals surface area contributed by atoms with E-state index < -0.39 is 30.1 Å². The van der Waals surface area contributed by atoms with Gasteiger partial charge in [-0.2, -0.15) is 0 Å². The van der Waals surface area contributed by atoms with Crippen molar-refractivity contribution in [2.45, 2.75) is 52.0 Å². The molecular formula is C23H28N2O5. The second-order valence-corrected chi connectivity index (χ2v) is 6.87. The van der Waals surface area contributed by atoms with Crippen LogP contribution in [0.1, 0.15) is 37.8 Å². The van der Waals surface area contributed by atoms with Crippen LogP contribution in [-0.2, 0) is 32.3 Å². The lowest BCUT2D eigenvalue weighted by Crippen LogP contribution is -2.50. The molecule has 30 heavy (non-hydrogen) atoms. The Morgan fingerprint density at radius 3 is 1.90 bits per heavy atom. The second kappa shape index (κ2) is 12.3. The van der Waals surface area contributed by atoms with Crippen LogP contribution in [0.25, 0.3) is 0 Å². The van der Waals surface area contributed by atoms with Crippen molar-refractivity contribution >= 4 is 18.0 Å². The normalized spacial score (nSPS) is 12.3. The van der Waals surface area contributed by atoms with Crippen LogP contribution in [-0.4, -0.2) is 30.1 Å². The number of rotatable bonds is 10. The summed E-state index contributed by atoms with van der Waals surface area (Å²) in [5, 5.41) is 5.12. The van der Waals surface area contributed by atoms with E-state index in [4.69, 9.17) is 9.47 Å². The highest BCUT2D eigenvalue weighted by molar-refractivity contribution is 5.89. The molecule has 0 unspecified atom stereocenters. The number of benzene rings is 2. The molecule has 0 saturated carbocycles. The molecule has 0 bridgehead atoms. The molecule has 0 saturated heterocycles. The summed E-state index contributed by atoms with van der Waals surface area (Å²) < 4.78 is 10.4. The van der Waals surface area contributed by atoms with Gasteiger partial charge in [-0.15, -0.1) is 0 Å². The molecule has 2 rings (SSSR count). The van der Waals surface area contributed by atoms with Gasteiger partial charge in [0.05, 0.1) is 0 Å². The van der Waals surface area contributed by atoms with E-state index in [9.17, 15) is 14.4 Å². The number of hydrogen-bond acceptors (Lipinski definition) is 5. The largest absolute Gasteiger partial charge is 0.459 e. The molecule has 160 valence electrons. The number of ether oxygens (including phenoxy) is 2. The monoisotopic (exact) mass is 412 g/mol. The van der Waals surface area contributed by atoms with Crippen molar-refractivity contribution in [1.82, 2.24) is 10.6 Å². The van der Waals surface area contributed by atoms with Crippen molar-refractivity contribution in [3.8, 4) is 0 Å². The van der Waals surface area contributed by atoms with Gasteiger partial charge >= 0.3 is 12.1 Å². The summed E-state index contributed by atoms with van der Waals surface area (Å²) in [6, 6.07) is 16.9. The number of carbonyl (C=O) groups is 3. The maximum Gasteiger partial charge on any atom is 0.408 e. The van der Waals surface area contributed by atoms with E-state index in [0.717, 1.165) is 11.1 Å². The number of esters is 1. The van der Waals surface area contributed by atoms with E-state index in [-0.39, 0.29) is 13.2 Å². The fraction of sp³-hybridized carbons (Fsp3) is 0.348. The van der Waals surface area contributed by atoms with E-state index in [0.29, 0.717) is 12.8 Å². The Kier molecular flexibility index (Phi) is 9.37. The number of alkyl carbamates (subject to hydrolysis) is 1. The first-order valence-corrected chi connectivity index (χ1v) is 9.97. The fourth-order valence-corrected chi connectivity index (χ4v) is 2.67. The Balaban J connectivity index is 1.80. The maximum absolute atomic E-state index is 12.4. The lowest BCUT2D eigenvalue weighted by molar-refractivity contribution is -0.149. The molecule has 2 aromatic rings. The van der Waals surface area contributed by atoms with Crippen LogP contribution in [0.2, 0.25) is 0 Å². The predicted octanol–water partition coefficient (Wildman–Crippen LogP) is 3.33. The highest BCUT2D eigenvalue weighted by Crippen LogP contribution is 2.06. The molecule has 2 N–H and O–H groups in total. The van der Waals surface area contributed by atoms with E-state index in [2.05, 4.69) is 10.6 Å². The van der Waals surface area contributed by atoms with Gasteiger partial charge in [0, 0.05) is 0 Å². The number of hydrogen-bond donors (Lipinski definition) is 2. The van der Waals surface area contributed by atoms with Crippen molar-refractivity contribution in [2.24, 2.45) is 0 Å². The van der Waals surface area contributed by atoms with Crippen LogP contribution in [0, 0.1) is 0 Å². The third-order valence-corrected chi connectivity index (χ3v) is 4.34. The van der Waals surface area contributed by atoms with Crippen molar-refractivity contribution in [3.63, 3.8) is 0 Å². The van der Waals surface area contributed by atoms with Gasteiger partial charge in [-0.05, 0) is 24.5 Å². The molecule has 0 aliphatic rings. The SMILES string of the molecule is CCC[C@@H](NC(=O)[C@@H](C)NC(=O)OCc1ccccc1)C(=O)OCc1ccccc1. The average Bonchev–Trinajstić information content (AvgIpc) is 2.77. The standard InChI is InChI=1S/C23H28N2O5/c1-3-10-20(22(27)29-15-18-11-6-4-7-12-18)25-21(26)17(2)24-23(28)30-16-19-13-8-5-9-14-19/h4-9,11-14,17,20H,3,10,15-16H2,1-2H3,(H,24,28)(H,25,26)/t17-,20-/m1/s1. The molecule has 0 aliphatic carbocycles. The zero-order valence-electron chi connectivity index (χ0n) is 17.3. The van der Waals surface area contributed by atoms with Crippen LogP contribution in [0.5, 0.6) is 0 Å². The summed E-state index contributed by atoms with van der Waals surface area (Å²) in [6.07, 6.45) is 0.414. The molecule has 7 nitrogen and oxygen atoms in total. The smallest absolute Gasteiger partial charge is 0.408 e. The molecule has 0 fully saturated rings. The zero-order chi connectivity index (χ0) is 21.8. The molecule has 0 aromatic heterocycles.